The molecule has 2 amide bonds. The van der Waals surface area contributed by atoms with Gasteiger partial charge >= 0.3 is 0 Å². The number of rotatable bonds is 5. The van der Waals surface area contributed by atoms with Crippen LogP contribution >= 0.6 is 11.6 Å². The van der Waals surface area contributed by atoms with Crippen LogP contribution in [0.1, 0.15) is 32.9 Å². The zero-order valence-corrected chi connectivity index (χ0v) is 18.5. The van der Waals surface area contributed by atoms with E-state index in [2.05, 4.69) is 10.4 Å². The van der Waals surface area contributed by atoms with Crippen molar-refractivity contribution in [2.75, 3.05) is 19.4 Å². The van der Waals surface area contributed by atoms with Crippen molar-refractivity contribution in [2.45, 2.75) is 27.2 Å². The molecule has 7 heteroatoms. The monoisotopic (exact) mass is 424 g/mol. The Morgan fingerprint density at radius 3 is 2.50 bits per heavy atom. The summed E-state index contributed by atoms with van der Waals surface area (Å²) in [5, 5.41) is 8.15. The van der Waals surface area contributed by atoms with Crippen LogP contribution in [0, 0.1) is 20.8 Å². The molecule has 0 radical (unpaired) electrons. The minimum atomic E-state index is -0.169. The fraction of sp³-hybridized carbons (Fsp3) is 0.261. The first-order chi connectivity index (χ1) is 14.2. The van der Waals surface area contributed by atoms with Crippen molar-refractivity contribution in [3.05, 3.63) is 75.6 Å². The first-order valence-corrected chi connectivity index (χ1v) is 9.98. The van der Waals surface area contributed by atoms with Gasteiger partial charge < -0.3 is 10.2 Å². The summed E-state index contributed by atoms with van der Waals surface area (Å²) in [5.74, 6) is -0.284. The Hall–Kier alpha value is -3.12. The molecule has 0 saturated carbocycles. The van der Waals surface area contributed by atoms with Crippen LogP contribution in [0.2, 0.25) is 5.02 Å². The van der Waals surface area contributed by atoms with E-state index in [1.807, 2.05) is 39.0 Å². The number of nitrogens with zero attached hydrogens (tertiary/aromatic N) is 3. The van der Waals surface area contributed by atoms with Crippen molar-refractivity contribution >= 4 is 29.1 Å². The highest BCUT2D eigenvalue weighted by Crippen LogP contribution is 2.23. The summed E-state index contributed by atoms with van der Waals surface area (Å²) in [7, 11) is 3.38. The molecule has 1 aromatic heterocycles. The van der Waals surface area contributed by atoms with Gasteiger partial charge in [0, 0.05) is 41.6 Å². The third-order valence-corrected chi connectivity index (χ3v) is 5.39. The molecule has 3 rings (SSSR count). The molecule has 0 aliphatic carbocycles. The molecule has 1 N–H and O–H groups in total. The van der Waals surface area contributed by atoms with Crippen molar-refractivity contribution in [1.82, 2.24) is 14.7 Å². The van der Waals surface area contributed by atoms with Crippen LogP contribution in [0.3, 0.4) is 0 Å². The van der Waals surface area contributed by atoms with Crippen LogP contribution in [-0.4, -0.2) is 40.6 Å². The molecule has 1 heterocycles. The number of benzene rings is 2. The molecule has 2 aromatic carbocycles. The molecule has 0 aliphatic heterocycles. The van der Waals surface area contributed by atoms with Crippen LogP contribution in [0.15, 0.2) is 42.5 Å². The molecule has 0 unspecified atom stereocenters. The quantitative estimate of drug-likeness (QED) is 0.662. The van der Waals surface area contributed by atoms with E-state index in [0.29, 0.717) is 16.3 Å². The standard InChI is InChI=1S/C23H25ClN4O2/c1-14-9-10-19(12-21(14)24)28-16(3)20(15(2)26-28)13-22(29)25-18-8-6-7-17(11-18)23(30)27(4)5/h6-12H,13H2,1-5H3,(H,25,29). The summed E-state index contributed by atoms with van der Waals surface area (Å²) in [6.45, 7) is 5.77. The average Bonchev–Trinajstić information content (AvgIpc) is 2.97. The third-order valence-electron chi connectivity index (χ3n) is 4.98. The Balaban J connectivity index is 1.79. The number of amides is 2. The second-order valence-corrected chi connectivity index (χ2v) is 7.91. The summed E-state index contributed by atoms with van der Waals surface area (Å²) in [4.78, 5) is 26.3. The molecular formula is C23H25ClN4O2. The van der Waals surface area contributed by atoms with E-state index >= 15 is 0 Å². The lowest BCUT2D eigenvalue weighted by Gasteiger charge is -2.12. The zero-order valence-electron chi connectivity index (χ0n) is 17.8. The van der Waals surface area contributed by atoms with Gasteiger partial charge in [-0.1, -0.05) is 23.7 Å². The molecule has 0 fully saturated rings. The third kappa shape index (κ3) is 4.54. The molecule has 30 heavy (non-hydrogen) atoms. The predicted octanol–water partition coefficient (Wildman–Crippen LogP) is 4.33. The van der Waals surface area contributed by atoms with E-state index < -0.39 is 0 Å². The lowest BCUT2D eigenvalue weighted by atomic mass is 10.1. The van der Waals surface area contributed by atoms with Gasteiger partial charge in [-0.05, 0) is 56.7 Å². The normalized spacial score (nSPS) is 10.7. The van der Waals surface area contributed by atoms with Gasteiger partial charge in [0.25, 0.3) is 5.91 Å². The van der Waals surface area contributed by atoms with Crippen LogP contribution in [0.25, 0.3) is 5.69 Å². The topological polar surface area (TPSA) is 67.2 Å². The summed E-state index contributed by atoms with van der Waals surface area (Å²) < 4.78 is 1.81. The van der Waals surface area contributed by atoms with E-state index in [-0.39, 0.29) is 18.2 Å². The Kier molecular flexibility index (Phi) is 6.27. The molecule has 0 aliphatic rings. The molecule has 156 valence electrons. The van der Waals surface area contributed by atoms with Gasteiger partial charge in [-0.25, -0.2) is 4.68 Å². The number of aromatic nitrogens is 2. The first kappa shape index (κ1) is 21.6. The Bertz CT molecular complexity index is 1120. The van der Waals surface area contributed by atoms with Gasteiger partial charge in [0.1, 0.15) is 0 Å². The fourth-order valence-electron chi connectivity index (χ4n) is 3.25. The SMILES string of the molecule is Cc1ccc(-n2nc(C)c(CC(=O)Nc3cccc(C(=O)N(C)C)c3)c2C)cc1Cl. The molecule has 0 spiro atoms. The van der Waals surface area contributed by atoms with Crippen LogP contribution in [0.5, 0.6) is 0 Å². The van der Waals surface area contributed by atoms with Crippen molar-refractivity contribution in [3.63, 3.8) is 0 Å². The number of hydrogen-bond donors (Lipinski definition) is 1. The van der Waals surface area contributed by atoms with Crippen molar-refractivity contribution < 1.29 is 9.59 Å². The van der Waals surface area contributed by atoms with Gasteiger partial charge in [0.15, 0.2) is 0 Å². The number of anilines is 1. The van der Waals surface area contributed by atoms with Gasteiger partial charge in [-0.3, -0.25) is 9.59 Å². The summed E-state index contributed by atoms with van der Waals surface area (Å²) >= 11 is 6.26. The number of carbonyl (C=O) groups excluding carboxylic acids is 2. The van der Waals surface area contributed by atoms with E-state index in [1.165, 1.54) is 4.90 Å². The van der Waals surface area contributed by atoms with Crippen LogP contribution in [-0.2, 0) is 11.2 Å². The zero-order chi connectivity index (χ0) is 22.0. The molecule has 3 aromatic rings. The highest BCUT2D eigenvalue weighted by molar-refractivity contribution is 6.31. The van der Waals surface area contributed by atoms with Gasteiger partial charge in [-0.2, -0.15) is 5.10 Å². The molecule has 0 saturated heterocycles. The summed E-state index contributed by atoms with van der Waals surface area (Å²) in [6, 6.07) is 12.7. The maximum absolute atomic E-state index is 12.7. The predicted molar refractivity (Wildman–Crippen MR) is 120 cm³/mol. The minimum absolute atomic E-state index is 0.115. The largest absolute Gasteiger partial charge is 0.345 e. The maximum Gasteiger partial charge on any atom is 0.253 e. The Morgan fingerprint density at radius 1 is 1.10 bits per heavy atom. The summed E-state index contributed by atoms with van der Waals surface area (Å²) in [6.07, 6.45) is 0.184. The number of halogens is 1. The van der Waals surface area contributed by atoms with Crippen molar-refractivity contribution in [1.29, 1.82) is 0 Å². The van der Waals surface area contributed by atoms with Crippen LogP contribution in [0.4, 0.5) is 5.69 Å². The number of hydrogen-bond acceptors (Lipinski definition) is 3. The fourth-order valence-corrected chi connectivity index (χ4v) is 3.42. The van der Waals surface area contributed by atoms with Gasteiger partial charge in [0.05, 0.1) is 17.8 Å². The Labute approximate surface area is 181 Å². The van der Waals surface area contributed by atoms with E-state index in [4.69, 9.17) is 11.6 Å². The van der Waals surface area contributed by atoms with Crippen molar-refractivity contribution in [2.24, 2.45) is 0 Å². The lowest BCUT2D eigenvalue weighted by molar-refractivity contribution is -0.115. The van der Waals surface area contributed by atoms with E-state index in [1.54, 1.807) is 43.0 Å². The minimum Gasteiger partial charge on any atom is -0.345 e. The molecule has 6 nitrogen and oxygen atoms in total. The number of aryl methyl sites for hydroxylation is 2. The molecular weight excluding hydrogens is 400 g/mol. The first-order valence-electron chi connectivity index (χ1n) is 9.60. The Morgan fingerprint density at radius 2 is 1.83 bits per heavy atom. The second kappa shape index (κ2) is 8.71. The van der Waals surface area contributed by atoms with E-state index in [0.717, 1.165) is 28.2 Å². The highest BCUT2D eigenvalue weighted by Gasteiger charge is 2.17. The smallest absolute Gasteiger partial charge is 0.253 e. The van der Waals surface area contributed by atoms with Crippen molar-refractivity contribution in [3.8, 4) is 5.69 Å². The second-order valence-electron chi connectivity index (χ2n) is 7.50. The van der Waals surface area contributed by atoms with E-state index in [9.17, 15) is 9.59 Å². The maximum atomic E-state index is 12.7. The van der Waals surface area contributed by atoms with Gasteiger partial charge in [-0.15, -0.1) is 0 Å². The molecule has 0 bridgehead atoms. The summed E-state index contributed by atoms with van der Waals surface area (Å²) in [5.41, 5.74) is 5.50. The molecule has 0 atom stereocenters. The number of nitrogens with one attached hydrogen (secondary N) is 1. The lowest BCUT2D eigenvalue weighted by Crippen LogP contribution is -2.22. The highest BCUT2D eigenvalue weighted by atomic mass is 35.5. The average molecular weight is 425 g/mol. The van der Waals surface area contributed by atoms with Gasteiger partial charge in [0.2, 0.25) is 5.91 Å². The number of carbonyl (C=O) groups is 2. The van der Waals surface area contributed by atoms with Crippen LogP contribution < -0.4 is 5.32 Å².